The van der Waals surface area contributed by atoms with Crippen molar-refractivity contribution in [2.24, 2.45) is 23.7 Å². The van der Waals surface area contributed by atoms with Crippen molar-refractivity contribution < 1.29 is 38.4 Å². The number of aliphatic hydroxyl groups excluding tert-OH is 1. The van der Waals surface area contributed by atoms with E-state index in [4.69, 9.17) is 18.9 Å². The summed E-state index contributed by atoms with van der Waals surface area (Å²) in [6.45, 7) is 18.9. The Kier molecular flexibility index (Phi) is 18.9. The van der Waals surface area contributed by atoms with Crippen LogP contribution in [0.4, 0.5) is 4.79 Å². The summed E-state index contributed by atoms with van der Waals surface area (Å²) >= 11 is 0. The number of pyridine rings is 1. The molecule has 2 heterocycles. The van der Waals surface area contributed by atoms with Gasteiger partial charge in [-0.2, -0.15) is 0 Å². The largest absolute Gasteiger partial charge is 0.491 e. The molecule has 1 aromatic heterocycles. The highest BCUT2D eigenvalue weighted by atomic mass is 16.6. The number of methoxy groups -OCH3 is 1. The number of aliphatic hydroxyl groups is 1. The van der Waals surface area contributed by atoms with Crippen molar-refractivity contribution in [3.8, 4) is 5.75 Å². The van der Waals surface area contributed by atoms with Gasteiger partial charge >= 0.3 is 6.09 Å². The van der Waals surface area contributed by atoms with E-state index >= 15 is 0 Å². The zero-order valence-corrected chi connectivity index (χ0v) is 31.1. The summed E-state index contributed by atoms with van der Waals surface area (Å²) in [4.78, 5) is 46.1. The lowest BCUT2D eigenvalue weighted by Gasteiger charge is -2.33. The van der Waals surface area contributed by atoms with Gasteiger partial charge in [0.1, 0.15) is 5.60 Å². The minimum absolute atomic E-state index is 0.0461. The minimum atomic E-state index is -1.05. The second-order valence-corrected chi connectivity index (χ2v) is 14.5. The van der Waals surface area contributed by atoms with E-state index in [2.05, 4.69) is 25.8 Å². The number of nitrogens with one attached hydrogen (secondary N) is 3. The molecule has 0 radical (unpaired) electrons. The molecule has 4 unspecified atom stereocenters. The molecule has 0 saturated carbocycles. The Balaban J connectivity index is 2.12. The van der Waals surface area contributed by atoms with Crippen LogP contribution in [-0.4, -0.2) is 117 Å². The minimum Gasteiger partial charge on any atom is -0.491 e. The molecule has 13 heteroatoms. The number of rotatable bonds is 21. The topological polar surface area (TPSA) is 161 Å². The van der Waals surface area contributed by atoms with E-state index in [1.54, 1.807) is 46.2 Å². The molecule has 1 saturated heterocycles. The third-order valence-electron chi connectivity index (χ3n) is 8.64. The maximum atomic E-state index is 13.3. The van der Waals surface area contributed by atoms with E-state index in [0.717, 1.165) is 32.5 Å². The predicted octanol–water partition coefficient (Wildman–Crippen LogP) is 3.64. The van der Waals surface area contributed by atoms with Crippen molar-refractivity contribution in [1.29, 1.82) is 0 Å². The number of morpholine rings is 1. The van der Waals surface area contributed by atoms with E-state index in [1.165, 1.54) is 0 Å². The highest BCUT2D eigenvalue weighted by Crippen LogP contribution is 2.25. The van der Waals surface area contributed by atoms with Crippen LogP contribution >= 0.6 is 0 Å². The maximum absolute atomic E-state index is 13.3. The van der Waals surface area contributed by atoms with Gasteiger partial charge < -0.3 is 40.0 Å². The van der Waals surface area contributed by atoms with Crippen LogP contribution in [-0.2, 0) is 19.0 Å². The van der Waals surface area contributed by atoms with Crippen molar-refractivity contribution in [1.82, 2.24) is 25.8 Å². The molecule has 0 bridgehead atoms. The average molecular weight is 694 g/mol. The second kappa shape index (κ2) is 22.0. The standard InChI is InChI=1S/C36H63N5O8/c1-25(2)27(24-39-34(44)32-31(12-11-13-37-32)48-19-10-9-18-46-8)22-29(40-35(45)49-36(5,6)7)30(42)23-28(26(3)4)33(43)38-14-15-41-16-20-47-21-17-41/h11-13,25-30,42H,9-10,14-24H2,1-8H3,(H,38,43)(H,39,44)(H,40,45). The van der Waals surface area contributed by atoms with Gasteiger partial charge in [0, 0.05) is 58.6 Å². The molecule has 0 aromatic carbocycles. The molecule has 4 N–H and O–H groups in total. The lowest BCUT2D eigenvalue weighted by Crippen LogP contribution is -2.49. The van der Waals surface area contributed by atoms with Crippen molar-refractivity contribution >= 4 is 17.9 Å². The van der Waals surface area contributed by atoms with Gasteiger partial charge in [0.15, 0.2) is 11.4 Å². The fourth-order valence-corrected chi connectivity index (χ4v) is 5.60. The van der Waals surface area contributed by atoms with Gasteiger partial charge in [0.25, 0.3) is 5.91 Å². The smallest absolute Gasteiger partial charge is 0.407 e. The summed E-state index contributed by atoms with van der Waals surface area (Å²) in [6, 6.07) is 2.71. The quantitative estimate of drug-likeness (QED) is 0.140. The zero-order valence-electron chi connectivity index (χ0n) is 31.1. The highest BCUT2D eigenvalue weighted by Gasteiger charge is 2.33. The Hall–Kier alpha value is -3.00. The molecule has 1 fully saturated rings. The van der Waals surface area contributed by atoms with Crippen LogP contribution < -0.4 is 20.7 Å². The Morgan fingerprint density at radius 3 is 2.35 bits per heavy atom. The first-order chi connectivity index (χ1) is 23.2. The number of carbonyl (C=O) groups is 3. The average Bonchev–Trinajstić information content (AvgIpc) is 3.04. The Morgan fingerprint density at radius 1 is 1.02 bits per heavy atom. The molecule has 280 valence electrons. The third kappa shape index (κ3) is 16.5. The van der Waals surface area contributed by atoms with Crippen LogP contribution in [0.3, 0.4) is 0 Å². The second-order valence-electron chi connectivity index (χ2n) is 14.5. The summed E-state index contributed by atoms with van der Waals surface area (Å²) in [7, 11) is 1.65. The van der Waals surface area contributed by atoms with Gasteiger partial charge in [-0.25, -0.2) is 9.78 Å². The van der Waals surface area contributed by atoms with Crippen LogP contribution in [0, 0.1) is 23.7 Å². The summed E-state index contributed by atoms with van der Waals surface area (Å²) in [6.07, 6.45) is 1.96. The predicted molar refractivity (Wildman–Crippen MR) is 188 cm³/mol. The van der Waals surface area contributed by atoms with Crippen molar-refractivity contribution in [2.75, 3.05) is 66.3 Å². The van der Waals surface area contributed by atoms with Crippen molar-refractivity contribution in [2.45, 2.75) is 91.9 Å². The third-order valence-corrected chi connectivity index (χ3v) is 8.64. The van der Waals surface area contributed by atoms with Gasteiger partial charge in [0.2, 0.25) is 5.91 Å². The summed E-state index contributed by atoms with van der Waals surface area (Å²) in [5.41, 5.74) is -0.544. The first-order valence-corrected chi connectivity index (χ1v) is 17.8. The molecule has 0 spiro atoms. The summed E-state index contributed by atoms with van der Waals surface area (Å²) < 4.78 is 21.9. The summed E-state index contributed by atoms with van der Waals surface area (Å²) in [5.74, 6) is -0.670. The fourth-order valence-electron chi connectivity index (χ4n) is 5.60. The maximum Gasteiger partial charge on any atom is 0.407 e. The number of alkyl carbamates (subject to hydrolysis) is 1. The number of ether oxygens (including phenoxy) is 4. The number of carbonyl (C=O) groups excluding carboxylic acids is 3. The van der Waals surface area contributed by atoms with Crippen LogP contribution in [0.1, 0.15) is 84.6 Å². The molecular formula is C36H63N5O8. The van der Waals surface area contributed by atoms with Gasteiger partial charge in [-0.3, -0.25) is 14.5 Å². The van der Waals surface area contributed by atoms with E-state index < -0.39 is 29.8 Å². The van der Waals surface area contributed by atoms with E-state index in [1.807, 2.05) is 27.7 Å². The van der Waals surface area contributed by atoms with Gasteiger partial charge in [-0.1, -0.05) is 27.7 Å². The fraction of sp³-hybridized carbons (Fsp3) is 0.778. The van der Waals surface area contributed by atoms with Gasteiger partial charge in [-0.15, -0.1) is 0 Å². The van der Waals surface area contributed by atoms with Crippen LogP contribution in [0.15, 0.2) is 18.3 Å². The monoisotopic (exact) mass is 693 g/mol. The van der Waals surface area contributed by atoms with Gasteiger partial charge in [0.05, 0.1) is 32.0 Å². The number of hydrogen-bond donors (Lipinski definition) is 4. The Morgan fingerprint density at radius 2 is 1.71 bits per heavy atom. The molecule has 49 heavy (non-hydrogen) atoms. The Labute approximate surface area is 293 Å². The van der Waals surface area contributed by atoms with E-state index in [-0.39, 0.29) is 48.2 Å². The van der Waals surface area contributed by atoms with E-state index in [9.17, 15) is 19.5 Å². The van der Waals surface area contributed by atoms with E-state index in [0.29, 0.717) is 45.1 Å². The van der Waals surface area contributed by atoms with Crippen LogP contribution in [0.5, 0.6) is 5.75 Å². The lowest BCUT2D eigenvalue weighted by atomic mass is 9.82. The van der Waals surface area contributed by atoms with Crippen molar-refractivity contribution in [3.63, 3.8) is 0 Å². The van der Waals surface area contributed by atoms with Crippen LogP contribution in [0.2, 0.25) is 0 Å². The highest BCUT2D eigenvalue weighted by molar-refractivity contribution is 5.94. The molecule has 13 nitrogen and oxygen atoms in total. The molecule has 1 aliphatic rings. The molecule has 3 amide bonds. The normalized spacial score (nSPS) is 16.5. The molecular weight excluding hydrogens is 630 g/mol. The number of nitrogens with zero attached hydrogens (tertiary/aromatic N) is 2. The lowest BCUT2D eigenvalue weighted by molar-refractivity contribution is -0.127. The number of hydrogen-bond acceptors (Lipinski definition) is 10. The zero-order chi connectivity index (χ0) is 36.4. The first-order valence-electron chi connectivity index (χ1n) is 17.8. The number of amides is 3. The summed E-state index contributed by atoms with van der Waals surface area (Å²) in [5, 5.41) is 20.5. The molecule has 2 rings (SSSR count). The molecule has 0 aliphatic carbocycles. The van der Waals surface area contributed by atoms with Gasteiger partial charge in [-0.05, 0) is 76.3 Å². The first kappa shape index (κ1) is 42.2. The molecule has 4 atom stereocenters. The molecule has 1 aromatic rings. The van der Waals surface area contributed by atoms with Crippen LogP contribution in [0.25, 0.3) is 0 Å². The number of aromatic nitrogens is 1. The molecule has 1 aliphatic heterocycles. The van der Waals surface area contributed by atoms with Crippen molar-refractivity contribution in [3.05, 3.63) is 24.0 Å². The Bertz CT molecular complexity index is 1120. The SMILES string of the molecule is COCCCCOc1cccnc1C(=O)NCC(CC(NC(=O)OC(C)(C)C)C(O)CC(C(=O)NCCN1CCOCC1)C(C)C)C(C)C. The number of unbranched alkanes of at least 4 members (excludes halogenated alkanes) is 1.